The monoisotopic (exact) mass is 474 g/mol. The molecule has 1 aliphatic heterocycles. The molecule has 3 rings (SSSR count). The number of benzene rings is 2. The van der Waals surface area contributed by atoms with Crippen LogP contribution in [0.25, 0.3) is 0 Å². The molecule has 186 valence electrons. The molecular weight excluding hydrogens is 436 g/mol. The number of piperazine rings is 1. The molecule has 1 saturated heterocycles. The highest BCUT2D eigenvalue weighted by atomic mass is 16.5. The zero-order valence-corrected chi connectivity index (χ0v) is 20.3. The van der Waals surface area contributed by atoms with E-state index in [4.69, 9.17) is 18.9 Å². The number of carbonyl (C=O) groups is 1. The molecule has 1 heterocycles. The lowest BCUT2D eigenvalue weighted by atomic mass is 10.2. The van der Waals surface area contributed by atoms with Gasteiger partial charge in [0.15, 0.2) is 11.4 Å². The maximum Gasteiger partial charge on any atom is 0.338 e. The van der Waals surface area contributed by atoms with Gasteiger partial charge in [-0.25, -0.2) is 4.79 Å². The number of esters is 1. The van der Waals surface area contributed by atoms with Crippen molar-refractivity contribution in [3.63, 3.8) is 0 Å². The second-order valence-corrected chi connectivity index (χ2v) is 8.50. The van der Waals surface area contributed by atoms with Crippen molar-refractivity contribution in [3.8, 4) is 11.5 Å². The Bertz CT molecular complexity index is 868. The molecule has 0 spiro atoms. The second kappa shape index (κ2) is 13.9. The number of methoxy groups -OCH3 is 1. The average molecular weight is 475 g/mol. The van der Waals surface area contributed by atoms with Crippen LogP contribution in [0.15, 0.2) is 48.5 Å². The zero-order valence-electron chi connectivity index (χ0n) is 20.3. The second-order valence-electron chi connectivity index (χ2n) is 8.50. The number of para-hydroxylation sites is 2. The van der Waals surface area contributed by atoms with Crippen molar-refractivity contribution in [2.75, 3.05) is 66.3 Å². The molecule has 1 fully saturated rings. The standard InChI is InChI=1S/C26H36N2O6/c1-3-16-32-17-18-33-23-10-8-21(9-11-23)26(30)34-20-22(29)19-27-12-14-28(15-13-27)24-6-4-5-7-25(24)31-2/h4-11,22,29H,3,12-20H2,1-2H3/p+2. The predicted molar refractivity (Wildman–Crippen MR) is 128 cm³/mol. The van der Waals surface area contributed by atoms with E-state index in [2.05, 4.69) is 13.0 Å². The van der Waals surface area contributed by atoms with E-state index in [-0.39, 0.29) is 6.61 Å². The smallest absolute Gasteiger partial charge is 0.338 e. The highest BCUT2D eigenvalue weighted by Crippen LogP contribution is 2.18. The summed E-state index contributed by atoms with van der Waals surface area (Å²) < 4.78 is 21.8. The van der Waals surface area contributed by atoms with E-state index in [0.29, 0.717) is 31.1 Å². The molecule has 0 saturated carbocycles. The molecule has 2 aromatic carbocycles. The maximum absolute atomic E-state index is 12.3. The predicted octanol–water partition coefficient (Wildman–Crippen LogP) is 0.133. The fraction of sp³-hybridized carbons (Fsp3) is 0.500. The van der Waals surface area contributed by atoms with Crippen molar-refractivity contribution in [3.05, 3.63) is 54.1 Å². The molecule has 1 unspecified atom stereocenters. The van der Waals surface area contributed by atoms with Crippen LogP contribution in [0.3, 0.4) is 0 Å². The minimum absolute atomic E-state index is 0.0154. The maximum atomic E-state index is 12.3. The van der Waals surface area contributed by atoms with Gasteiger partial charge in [-0.1, -0.05) is 19.1 Å². The van der Waals surface area contributed by atoms with E-state index in [1.807, 2.05) is 18.2 Å². The summed E-state index contributed by atoms with van der Waals surface area (Å²) in [6, 6.07) is 14.9. The number of ether oxygens (including phenoxy) is 4. The van der Waals surface area contributed by atoms with E-state index in [0.717, 1.165) is 45.0 Å². The van der Waals surface area contributed by atoms with Gasteiger partial charge < -0.3 is 29.0 Å². The number of hydrogen-bond donors (Lipinski definition) is 3. The van der Waals surface area contributed by atoms with Gasteiger partial charge in [-0.2, -0.15) is 0 Å². The van der Waals surface area contributed by atoms with Gasteiger partial charge in [0.2, 0.25) is 0 Å². The number of aliphatic hydroxyl groups excluding tert-OH is 1. The molecule has 1 atom stereocenters. The highest BCUT2D eigenvalue weighted by molar-refractivity contribution is 5.89. The first-order chi connectivity index (χ1) is 16.6. The quantitative estimate of drug-likeness (QED) is 0.283. The number of carbonyl (C=O) groups excluding carboxylic acids is 1. The molecule has 1 aliphatic rings. The van der Waals surface area contributed by atoms with Crippen LogP contribution in [-0.2, 0) is 9.47 Å². The minimum atomic E-state index is -0.697. The van der Waals surface area contributed by atoms with Crippen LogP contribution in [0.2, 0.25) is 0 Å². The van der Waals surface area contributed by atoms with Crippen molar-refractivity contribution < 1.29 is 38.6 Å². The average Bonchev–Trinajstić information content (AvgIpc) is 2.88. The normalized spacial score (nSPS) is 18.8. The van der Waals surface area contributed by atoms with Gasteiger partial charge in [-0.15, -0.1) is 0 Å². The van der Waals surface area contributed by atoms with Gasteiger partial charge in [0.25, 0.3) is 0 Å². The fourth-order valence-electron chi connectivity index (χ4n) is 4.11. The molecule has 0 amide bonds. The molecule has 0 aromatic heterocycles. The Hall–Kier alpha value is -2.65. The first kappa shape index (κ1) is 26.0. The Morgan fingerprint density at radius 2 is 1.74 bits per heavy atom. The van der Waals surface area contributed by atoms with Crippen molar-refractivity contribution in [2.45, 2.75) is 19.4 Å². The largest absolute Gasteiger partial charge is 0.491 e. The van der Waals surface area contributed by atoms with Crippen LogP contribution in [0.5, 0.6) is 11.5 Å². The first-order valence-corrected chi connectivity index (χ1v) is 12.1. The highest BCUT2D eigenvalue weighted by Gasteiger charge is 2.28. The van der Waals surface area contributed by atoms with Crippen molar-refractivity contribution in [2.24, 2.45) is 0 Å². The zero-order chi connectivity index (χ0) is 24.2. The van der Waals surface area contributed by atoms with Crippen molar-refractivity contribution in [1.82, 2.24) is 0 Å². The van der Waals surface area contributed by atoms with Crippen LogP contribution < -0.4 is 19.3 Å². The lowest BCUT2D eigenvalue weighted by molar-refractivity contribution is -0.988. The number of rotatable bonds is 13. The summed E-state index contributed by atoms with van der Waals surface area (Å²) in [5.41, 5.74) is 1.61. The Morgan fingerprint density at radius 3 is 2.44 bits per heavy atom. The summed E-state index contributed by atoms with van der Waals surface area (Å²) in [6.45, 7) is 8.11. The SMILES string of the molecule is CCCOCCOc1ccc(C(=O)OCC(O)C[NH+]2CC[NH+](c3ccccc3OC)CC2)cc1. The van der Waals surface area contributed by atoms with Crippen LogP contribution in [-0.4, -0.2) is 83.4 Å². The number of hydrogen-bond acceptors (Lipinski definition) is 6. The van der Waals surface area contributed by atoms with Crippen LogP contribution >= 0.6 is 0 Å². The molecule has 2 aromatic rings. The Morgan fingerprint density at radius 1 is 1.00 bits per heavy atom. The summed E-state index contributed by atoms with van der Waals surface area (Å²) in [5.74, 6) is 1.14. The Balaban J connectivity index is 1.35. The number of nitrogens with one attached hydrogen (secondary N) is 2. The van der Waals surface area contributed by atoms with E-state index < -0.39 is 12.1 Å². The van der Waals surface area contributed by atoms with Crippen LogP contribution in [0.4, 0.5) is 5.69 Å². The van der Waals surface area contributed by atoms with E-state index in [9.17, 15) is 9.90 Å². The van der Waals surface area contributed by atoms with Crippen LogP contribution in [0, 0.1) is 0 Å². The molecule has 8 nitrogen and oxygen atoms in total. The van der Waals surface area contributed by atoms with Gasteiger partial charge in [-0.05, 0) is 36.8 Å². The molecule has 0 bridgehead atoms. The summed E-state index contributed by atoms with van der Waals surface area (Å²) in [6.07, 6.45) is 0.284. The third-order valence-corrected chi connectivity index (χ3v) is 5.91. The van der Waals surface area contributed by atoms with Crippen molar-refractivity contribution >= 4 is 11.7 Å². The minimum Gasteiger partial charge on any atom is -0.491 e. The molecule has 3 N–H and O–H groups in total. The van der Waals surface area contributed by atoms with E-state index in [1.165, 1.54) is 15.5 Å². The lowest BCUT2D eigenvalue weighted by Gasteiger charge is -2.30. The van der Waals surface area contributed by atoms with Gasteiger partial charge in [0.1, 0.15) is 57.8 Å². The fourth-order valence-corrected chi connectivity index (χ4v) is 4.11. The summed E-state index contributed by atoms with van der Waals surface area (Å²) in [5, 5.41) is 10.4. The summed E-state index contributed by atoms with van der Waals surface area (Å²) >= 11 is 0. The Kier molecular flexibility index (Phi) is 10.6. The van der Waals surface area contributed by atoms with Gasteiger partial charge in [0.05, 0.1) is 19.3 Å². The lowest BCUT2D eigenvalue weighted by Crippen LogP contribution is -3.26. The van der Waals surface area contributed by atoms with Crippen LogP contribution in [0.1, 0.15) is 23.7 Å². The topological polar surface area (TPSA) is 83.1 Å². The summed E-state index contributed by atoms with van der Waals surface area (Å²) in [4.78, 5) is 15.0. The number of quaternary nitrogens is 2. The third kappa shape index (κ3) is 7.99. The van der Waals surface area contributed by atoms with Gasteiger partial charge >= 0.3 is 5.97 Å². The van der Waals surface area contributed by atoms with Gasteiger partial charge in [0, 0.05) is 12.7 Å². The molecule has 0 radical (unpaired) electrons. The molecule has 34 heavy (non-hydrogen) atoms. The third-order valence-electron chi connectivity index (χ3n) is 5.91. The molecule has 0 aliphatic carbocycles. The summed E-state index contributed by atoms with van der Waals surface area (Å²) in [7, 11) is 1.70. The number of aliphatic hydroxyl groups is 1. The van der Waals surface area contributed by atoms with Crippen molar-refractivity contribution in [1.29, 1.82) is 0 Å². The Labute approximate surface area is 202 Å². The van der Waals surface area contributed by atoms with Gasteiger partial charge in [-0.3, -0.25) is 4.90 Å². The van der Waals surface area contributed by atoms with E-state index in [1.54, 1.807) is 31.4 Å². The molecular formula is C26H38N2O6+2. The molecule has 8 heteroatoms. The van der Waals surface area contributed by atoms with E-state index >= 15 is 0 Å². The first-order valence-electron chi connectivity index (χ1n) is 12.1.